The summed E-state index contributed by atoms with van der Waals surface area (Å²) in [7, 11) is 1.26. The van der Waals surface area contributed by atoms with Crippen LogP contribution in [-0.4, -0.2) is 85.7 Å². The second-order valence-electron chi connectivity index (χ2n) is 12.8. The Hall–Kier alpha value is -3.58. The summed E-state index contributed by atoms with van der Waals surface area (Å²) < 4.78 is 65.3. The molecule has 0 bridgehead atoms. The van der Waals surface area contributed by atoms with E-state index in [9.17, 15) is 9.50 Å². The summed E-state index contributed by atoms with van der Waals surface area (Å²) >= 11 is 6.35. The normalized spacial score (nSPS) is 17.6. The molecule has 3 aromatic carbocycles. The molecule has 1 unspecified atom stereocenters. The Labute approximate surface area is 282 Å². The van der Waals surface area contributed by atoms with Gasteiger partial charge >= 0.3 is 6.01 Å². The number of hydrogen-bond donors (Lipinski definition) is 3. The van der Waals surface area contributed by atoms with Crippen LogP contribution in [0.1, 0.15) is 39.5 Å². The fraction of sp³-hybridized carbons (Fsp3) is 0.486. The van der Waals surface area contributed by atoms with Gasteiger partial charge in [0.05, 0.1) is 42.9 Å². The maximum absolute atomic E-state index is 16.8. The van der Waals surface area contributed by atoms with Gasteiger partial charge in [0.1, 0.15) is 22.9 Å². The van der Waals surface area contributed by atoms with Gasteiger partial charge in [-0.1, -0.05) is 31.0 Å². The van der Waals surface area contributed by atoms with Crippen molar-refractivity contribution < 1.29 is 32.5 Å². The molecule has 4 aromatic rings. The van der Waals surface area contributed by atoms with Crippen LogP contribution in [-0.2, 0) is 4.74 Å². The summed E-state index contributed by atoms with van der Waals surface area (Å²) in [6.45, 7) is 9.41. The van der Waals surface area contributed by atoms with Crippen molar-refractivity contribution in [1.82, 2.24) is 20.2 Å². The topological polar surface area (TPSA) is 101 Å². The van der Waals surface area contributed by atoms with E-state index in [1.54, 1.807) is 0 Å². The number of nitrogens with one attached hydrogen (secondary N) is 2. The smallest absolute Gasteiger partial charge is 0.319 e. The summed E-state index contributed by atoms with van der Waals surface area (Å²) in [6.07, 6.45) is 4.01. The van der Waals surface area contributed by atoms with Gasteiger partial charge in [-0.25, -0.2) is 13.2 Å². The second kappa shape index (κ2) is 14.5. The van der Waals surface area contributed by atoms with Gasteiger partial charge in [0.2, 0.25) is 0 Å². The van der Waals surface area contributed by atoms with E-state index < -0.39 is 23.0 Å². The van der Waals surface area contributed by atoms with E-state index in [0.717, 1.165) is 57.5 Å². The molecule has 258 valence electrons. The molecular formula is C35H41ClF3N5O4. The average molecular weight is 688 g/mol. The molecule has 1 aromatic heterocycles. The zero-order valence-electron chi connectivity index (χ0n) is 27.4. The minimum absolute atomic E-state index is 0.0119. The standard InChI is InChI=1S/C35H41ClF3N5O4/c1-4-5-10-40-11-12-41-33-27-31(42-34(43-33)48-19-35(8-9-35)18-44-13-14-47-17-20(44)2)29(38)26(30(39)32(27)46-3)23-16-22(45)15-21-6-7-24(37)28(36)25(21)23/h6-7,15-16,20,40,45H,4-5,8-14,17-19H2,1-3H3,(H,41,42,43). The number of halogens is 4. The molecule has 48 heavy (non-hydrogen) atoms. The third-order valence-electron chi connectivity index (χ3n) is 9.24. The lowest BCUT2D eigenvalue weighted by Crippen LogP contribution is -2.47. The van der Waals surface area contributed by atoms with Gasteiger partial charge in [-0.2, -0.15) is 9.97 Å². The monoisotopic (exact) mass is 687 g/mol. The van der Waals surface area contributed by atoms with Crippen LogP contribution in [0.3, 0.4) is 0 Å². The van der Waals surface area contributed by atoms with E-state index >= 15 is 8.78 Å². The van der Waals surface area contributed by atoms with Crippen molar-refractivity contribution in [2.75, 3.05) is 65.0 Å². The number of unbranched alkanes of at least 4 members (excludes halogenated alkanes) is 1. The molecule has 1 saturated carbocycles. The van der Waals surface area contributed by atoms with Crippen molar-refractivity contribution in [2.45, 2.75) is 45.6 Å². The Morgan fingerprint density at radius 2 is 1.92 bits per heavy atom. The number of anilines is 1. The number of phenolic OH excluding ortho intramolecular Hbond substituents is 1. The summed E-state index contributed by atoms with van der Waals surface area (Å²) in [5, 5.41) is 17.0. The van der Waals surface area contributed by atoms with Crippen molar-refractivity contribution in [1.29, 1.82) is 0 Å². The molecule has 6 rings (SSSR count). The van der Waals surface area contributed by atoms with Crippen LogP contribution in [0.25, 0.3) is 32.8 Å². The number of ether oxygens (including phenoxy) is 3. The van der Waals surface area contributed by atoms with Crippen LogP contribution in [0.4, 0.5) is 19.0 Å². The maximum Gasteiger partial charge on any atom is 0.319 e. The van der Waals surface area contributed by atoms with Crippen LogP contribution in [0.2, 0.25) is 5.02 Å². The van der Waals surface area contributed by atoms with Gasteiger partial charge in [0, 0.05) is 48.6 Å². The number of hydrogen-bond acceptors (Lipinski definition) is 9. The second-order valence-corrected chi connectivity index (χ2v) is 13.2. The minimum Gasteiger partial charge on any atom is -0.508 e. The fourth-order valence-electron chi connectivity index (χ4n) is 6.32. The lowest BCUT2D eigenvalue weighted by molar-refractivity contribution is -0.0134. The Bertz CT molecular complexity index is 1810. The molecule has 1 aliphatic carbocycles. The first-order chi connectivity index (χ1) is 23.2. The van der Waals surface area contributed by atoms with Crippen molar-refractivity contribution in [3.63, 3.8) is 0 Å². The average Bonchev–Trinajstić information content (AvgIpc) is 3.84. The van der Waals surface area contributed by atoms with Crippen molar-refractivity contribution >= 4 is 39.1 Å². The van der Waals surface area contributed by atoms with Crippen molar-refractivity contribution in [3.8, 4) is 28.6 Å². The predicted molar refractivity (Wildman–Crippen MR) is 181 cm³/mol. The summed E-state index contributed by atoms with van der Waals surface area (Å²) in [4.78, 5) is 11.4. The molecule has 13 heteroatoms. The number of methoxy groups -OCH3 is 1. The molecule has 1 saturated heterocycles. The van der Waals surface area contributed by atoms with Crippen molar-refractivity contribution in [3.05, 3.63) is 46.7 Å². The van der Waals surface area contributed by atoms with E-state index in [4.69, 9.17) is 25.8 Å². The van der Waals surface area contributed by atoms with Crippen LogP contribution < -0.4 is 20.1 Å². The quantitative estimate of drug-likeness (QED) is 0.122. The molecule has 2 fully saturated rings. The van der Waals surface area contributed by atoms with E-state index in [1.165, 1.54) is 19.2 Å². The molecule has 9 nitrogen and oxygen atoms in total. The van der Waals surface area contributed by atoms with E-state index in [2.05, 4.69) is 39.3 Å². The highest BCUT2D eigenvalue weighted by Gasteiger charge is 2.46. The van der Waals surface area contributed by atoms with Crippen LogP contribution >= 0.6 is 11.6 Å². The fourth-order valence-corrected chi connectivity index (χ4v) is 6.59. The molecular weight excluding hydrogens is 647 g/mol. The van der Waals surface area contributed by atoms with Gasteiger partial charge in [-0.15, -0.1) is 0 Å². The maximum atomic E-state index is 16.8. The number of morpholine rings is 1. The number of aromatic hydroxyl groups is 1. The highest BCUT2D eigenvalue weighted by atomic mass is 35.5. The van der Waals surface area contributed by atoms with Crippen molar-refractivity contribution in [2.24, 2.45) is 5.41 Å². The summed E-state index contributed by atoms with van der Waals surface area (Å²) in [5.74, 6) is -3.37. The van der Waals surface area contributed by atoms with Crippen LogP contribution in [0.15, 0.2) is 24.3 Å². The molecule has 2 heterocycles. The molecule has 0 amide bonds. The number of benzene rings is 3. The first-order valence-corrected chi connectivity index (χ1v) is 16.8. The molecule has 2 aliphatic rings. The molecule has 1 aliphatic heterocycles. The van der Waals surface area contributed by atoms with E-state index in [1.807, 2.05) is 0 Å². The highest BCUT2D eigenvalue weighted by molar-refractivity contribution is 6.37. The largest absolute Gasteiger partial charge is 0.508 e. The van der Waals surface area contributed by atoms with Crippen LogP contribution in [0, 0.1) is 22.9 Å². The van der Waals surface area contributed by atoms with Gasteiger partial charge in [-0.05, 0) is 56.3 Å². The third-order valence-corrected chi connectivity index (χ3v) is 9.61. The Morgan fingerprint density at radius 3 is 2.65 bits per heavy atom. The number of nitrogens with zero attached hydrogens (tertiary/aromatic N) is 3. The van der Waals surface area contributed by atoms with Gasteiger partial charge in [-0.3, -0.25) is 4.90 Å². The zero-order chi connectivity index (χ0) is 34.0. The third kappa shape index (κ3) is 6.94. The van der Waals surface area contributed by atoms with Crippen LogP contribution in [0.5, 0.6) is 17.5 Å². The molecule has 0 spiro atoms. The van der Waals surface area contributed by atoms with E-state index in [0.29, 0.717) is 44.3 Å². The SMILES string of the molecule is CCCCNCCNc1nc(OCC2(CN3CCOCC3C)CC2)nc2c(F)c(-c3cc(O)cc4ccc(F)c(Cl)c34)c(F)c(OC)c12. The number of fused-ring (bicyclic) bond motifs is 2. The van der Waals surface area contributed by atoms with Gasteiger partial charge in [0.15, 0.2) is 17.4 Å². The Kier molecular flexibility index (Phi) is 10.4. The number of rotatable bonds is 14. The first-order valence-electron chi connectivity index (χ1n) is 16.4. The molecule has 1 atom stereocenters. The number of phenols is 1. The number of aromatic nitrogens is 2. The molecule has 0 radical (unpaired) electrons. The van der Waals surface area contributed by atoms with E-state index in [-0.39, 0.29) is 55.6 Å². The van der Waals surface area contributed by atoms with Gasteiger partial charge < -0.3 is 30.0 Å². The Morgan fingerprint density at radius 1 is 1.10 bits per heavy atom. The van der Waals surface area contributed by atoms with Gasteiger partial charge in [0.25, 0.3) is 0 Å². The minimum atomic E-state index is -1.08. The lowest BCUT2D eigenvalue weighted by atomic mass is 9.95. The Balaban J connectivity index is 1.43. The highest BCUT2D eigenvalue weighted by Crippen LogP contribution is 2.48. The summed E-state index contributed by atoms with van der Waals surface area (Å²) in [6, 6.07) is 5.20. The first kappa shape index (κ1) is 34.3. The lowest BCUT2D eigenvalue weighted by Gasteiger charge is -2.35. The zero-order valence-corrected chi connectivity index (χ0v) is 28.2. The summed E-state index contributed by atoms with van der Waals surface area (Å²) in [5.41, 5.74) is -1.08. The predicted octanol–water partition coefficient (Wildman–Crippen LogP) is 6.92. The molecule has 3 N–H and O–H groups in total.